The fraction of sp³-hybridized carbons (Fsp3) is 0.400. The quantitative estimate of drug-likeness (QED) is 0.162. The number of primary amides is 1. The van der Waals surface area contributed by atoms with Gasteiger partial charge in [-0.2, -0.15) is 0 Å². The van der Waals surface area contributed by atoms with Gasteiger partial charge in [0.05, 0.1) is 29.3 Å². The molecule has 4 atom stereocenters. The fourth-order valence-electron chi connectivity index (χ4n) is 7.92. The zero-order valence-corrected chi connectivity index (χ0v) is 26.4. The second kappa shape index (κ2) is 11.5. The number of benzene rings is 2. The van der Waals surface area contributed by atoms with Crippen molar-refractivity contribution >= 4 is 29.3 Å². The topological polar surface area (TPSA) is 199 Å². The van der Waals surface area contributed by atoms with E-state index in [-0.39, 0.29) is 47.2 Å². The zero-order chi connectivity index (χ0) is 34.1. The number of rotatable bonds is 8. The van der Waals surface area contributed by atoms with Gasteiger partial charge in [-0.05, 0) is 75.0 Å². The van der Waals surface area contributed by atoms with Crippen molar-refractivity contribution in [2.75, 3.05) is 14.1 Å². The summed E-state index contributed by atoms with van der Waals surface area (Å²) in [6.45, 7) is 1.74. The molecule has 0 fully saturated rings. The number of Topliss-reactive ketones (excluding diaryl/α,β-unsaturated/α-hetero) is 2. The molecule has 0 radical (unpaired) electrons. The summed E-state index contributed by atoms with van der Waals surface area (Å²) >= 11 is 0. The second-order valence-corrected chi connectivity index (χ2v) is 13.1. The van der Waals surface area contributed by atoms with E-state index in [9.17, 15) is 44.4 Å². The number of nitrogens with zero attached hydrogens (tertiary/aromatic N) is 2. The van der Waals surface area contributed by atoms with Gasteiger partial charge < -0.3 is 26.2 Å². The van der Waals surface area contributed by atoms with Crippen LogP contribution < -0.4 is 5.73 Å². The van der Waals surface area contributed by atoms with E-state index in [2.05, 4.69) is 0 Å². The van der Waals surface area contributed by atoms with E-state index in [4.69, 9.17) is 5.73 Å². The monoisotopic (exact) mass is 643 g/mol. The Balaban J connectivity index is 1.48. The Hall–Kier alpha value is -4.81. The number of imide groups is 1. The maximum absolute atomic E-state index is 14.4. The van der Waals surface area contributed by atoms with E-state index in [1.165, 1.54) is 4.90 Å². The van der Waals surface area contributed by atoms with E-state index < -0.39 is 75.6 Å². The molecule has 0 spiro atoms. The molecule has 6 N–H and O–H groups in total. The number of carbonyl (C=O) groups is 5. The molecule has 1 heterocycles. The maximum atomic E-state index is 14.4. The Morgan fingerprint density at radius 3 is 2.23 bits per heavy atom. The molecule has 0 bridgehead atoms. The molecule has 3 aliphatic carbocycles. The van der Waals surface area contributed by atoms with Crippen LogP contribution in [-0.2, 0) is 29.0 Å². The summed E-state index contributed by atoms with van der Waals surface area (Å²) in [5, 5.41) is 46.2. The van der Waals surface area contributed by atoms with Gasteiger partial charge in [-0.25, -0.2) is 0 Å². The van der Waals surface area contributed by atoms with Crippen molar-refractivity contribution in [3.05, 3.63) is 86.4 Å². The van der Waals surface area contributed by atoms with Crippen molar-refractivity contribution in [1.29, 1.82) is 0 Å². The molecule has 0 saturated carbocycles. The molecule has 6 rings (SSSR count). The van der Waals surface area contributed by atoms with Crippen molar-refractivity contribution in [2.45, 2.75) is 63.6 Å². The second-order valence-electron chi connectivity index (χ2n) is 13.1. The van der Waals surface area contributed by atoms with Gasteiger partial charge in [-0.15, -0.1) is 0 Å². The highest BCUT2D eigenvalue weighted by atomic mass is 16.3. The minimum Gasteiger partial charge on any atom is -0.510 e. The number of unbranched alkanes of at least 4 members (excludes halogenated alkanes) is 2. The molecular weight excluding hydrogens is 606 g/mol. The number of likely N-dealkylation sites (N-methyl/N-ethyl adjacent to an activating group) is 1. The van der Waals surface area contributed by atoms with Crippen molar-refractivity contribution in [1.82, 2.24) is 9.80 Å². The van der Waals surface area contributed by atoms with Crippen LogP contribution in [-0.4, -0.2) is 85.3 Å². The highest BCUT2D eigenvalue weighted by Gasteiger charge is 2.63. The Bertz CT molecular complexity index is 1810. The number of carbonyl (C=O) groups excluding carboxylic acids is 5. The van der Waals surface area contributed by atoms with Gasteiger partial charge in [0, 0.05) is 17.1 Å². The summed E-state index contributed by atoms with van der Waals surface area (Å²) in [5.74, 6) is -8.35. The molecule has 3 amide bonds. The van der Waals surface area contributed by atoms with Crippen LogP contribution in [0.1, 0.15) is 80.4 Å². The number of aliphatic hydroxyl groups excluding tert-OH is 2. The molecule has 0 unspecified atom stereocenters. The van der Waals surface area contributed by atoms with Gasteiger partial charge in [0.2, 0.25) is 5.78 Å². The molecule has 2 aromatic carbocycles. The standard InChI is InChI=1S/C35H37N3O9/c1-4-5-6-9-16-12-18(15-38-33(45)19-10-7-8-11-20(19)34(38)46)27(39)24-21(16)13-17-14-22-26(37(2)3)29(41)25(32(36)44)31(43)35(22,47)30(42)23(17)28(24)40/h7-8,10-12,17,22,26,39,41-42,47H,4-6,9,13-15H2,1-3H3,(H2,36,44)/t17-,22-,26-,35-/m1/s1. The van der Waals surface area contributed by atoms with Gasteiger partial charge >= 0.3 is 0 Å². The lowest BCUT2D eigenvalue weighted by Gasteiger charge is -2.50. The number of nitrogens with two attached hydrogens (primary N) is 1. The SMILES string of the molecule is CCCCCc1cc(CN2C(=O)c3ccccc3C2=O)c(O)c2c1C[C@@H]1C[C@@H]3[C@@H](N(C)C)C(O)=C(C(N)=O)C(=O)[C@]3(O)C(O)=C1C2=O. The molecular formula is C35H37N3O9. The molecule has 4 aliphatic rings. The number of fused-ring (bicyclic) bond motifs is 4. The van der Waals surface area contributed by atoms with Crippen LogP contribution in [0.2, 0.25) is 0 Å². The number of hydrogen-bond acceptors (Lipinski definition) is 10. The van der Waals surface area contributed by atoms with Gasteiger partial charge in [0.1, 0.15) is 22.8 Å². The molecule has 12 nitrogen and oxygen atoms in total. The molecule has 246 valence electrons. The summed E-state index contributed by atoms with van der Waals surface area (Å²) in [6.07, 6.45) is 3.27. The van der Waals surface area contributed by atoms with Gasteiger partial charge in [0.15, 0.2) is 11.4 Å². The van der Waals surface area contributed by atoms with E-state index >= 15 is 0 Å². The lowest BCUT2D eigenvalue weighted by atomic mass is 9.58. The summed E-state index contributed by atoms with van der Waals surface area (Å²) in [5.41, 5.74) is 3.32. The first-order valence-electron chi connectivity index (χ1n) is 15.7. The molecule has 12 heteroatoms. The predicted molar refractivity (Wildman–Crippen MR) is 168 cm³/mol. The summed E-state index contributed by atoms with van der Waals surface area (Å²) in [6, 6.07) is 7.02. The summed E-state index contributed by atoms with van der Waals surface area (Å²) in [7, 11) is 3.15. The third kappa shape index (κ3) is 4.61. The number of allylic oxidation sites excluding steroid dienone is 1. The van der Waals surface area contributed by atoms with Crippen molar-refractivity contribution in [2.24, 2.45) is 17.6 Å². The number of phenolic OH excluding ortho intramolecular Hbond substituents is 1. The minimum atomic E-state index is -2.75. The molecule has 1 aliphatic heterocycles. The number of hydrogen-bond donors (Lipinski definition) is 5. The number of aromatic hydroxyl groups is 1. The number of aryl methyl sites for hydroxylation is 1. The van der Waals surface area contributed by atoms with E-state index in [0.717, 1.165) is 29.7 Å². The van der Waals surface area contributed by atoms with Crippen LogP contribution >= 0.6 is 0 Å². The number of phenols is 1. The summed E-state index contributed by atoms with van der Waals surface area (Å²) in [4.78, 5) is 69.1. The van der Waals surface area contributed by atoms with Crippen LogP contribution in [0, 0.1) is 11.8 Å². The Labute approximate surface area is 270 Å². The highest BCUT2D eigenvalue weighted by Crippen LogP contribution is 2.53. The third-order valence-electron chi connectivity index (χ3n) is 10.2. The van der Waals surface area contributed by atoms with E-state index in [1.807, 2.05) is 6.92 Å². The first-order chi connectivity index (χ1) is 22.2. The minimum absolute atomic E-state index is 0.0162. The van der Waals surface area contributed by atoms with Crippen molar-refractivity contribution < 1.29 is 44.4 Å². The largest absolute Gasteiger partial charge is 0.510 e. The zero-order valence-electron chi connectivity index (χ0n) is 26.4. The van der Waals surface area contributed by atoms with Gasteiger partial charge in [-0.3, -0.25) is 33.8 Å². The Kier molecular flexibility index (Phi) is 7.84. The van der Waals surface area contributed by atoms with Crippen LogP contribution in [0.4, 0.5) is 0 Å². The first kappa shape index (κ1) is 32.1. The van der Waals surface area contributed by atoms with Crippen molar-refractivity contribution in [3.63, 3.8) is 0 Å². The number of aliphatic hydroxyl groups is 3. The average molecular weight is 644 g/mol. The van der Waals surface area contributed by atoms with Crippen molar-refractivity contribution in [3.8, 4) is 5.75 Å². The average Bonchev–Trinajstić information content (AvgIpc) is 3.25. The normalized spacial score (nSPS) is 25.3. The van der Waals surface area contributed by atoms with Crippen LogP contribution in [0.3, 0.4) is 0 Å². The molecule has 0 aromatic heterocycles. The lowest BCUT2D eigenvalue weighted by molar-refractivity contribution is -0.148. The Morgan fingerprint density at radius 2 is 1.66 bits per heavy atom. The molecule has 2 aromatic rings. The molecule has 0 saturated heterocycles. The fourth-order valence-corrected chi connectivity index (χ4v) is 7.92. The third-order valence-corrected chi connectivity index (χ3v) is 10.2. The van der Waals surface area contributed by atoms with E-state index in [1.54, 1.807) is 44.4 Å². The number of amides is 3. The van der Waals surface area contributed by atoms with Crippen LogP contribution in [0.5, 0.6) is 5.75 Å². The molecule has 47 heavy (non-hydrogen) atoms. The first-order valence-corrected chi connectivity index (χ1v) is 15.7. The highest BCUT2D eigenvalue weighted by molar-refractivity contribution is 6.25. The lowest BCUT2D eigenvalue weighted by Crippen LogP contribution is -2.63. The Morgan fingerprint density at radius 1 is 1.02 bits per heavy atom. The van der Waals surface area contributed by atoms with Gasteiger partial charge in [-0.1, -0.05) is 31.9 Å². The number of ketones is 2. The van der Waals surface area contributed by atoms with Crippen LogP contribution in [0.15, 0.2) is 53.0 Å². The van der Waals surface area contributed by atoms with Crippen LogP contribution in [0.25, 0.3) is 0 Å². The van der Waals surface area contributed by atoms with Gasteiger partial charge in [0.25, 0.3) is 17.7 Å². The smallest absolute Gasteiger partial charge is 0.261 e. The maximum Gasteiger partial charge on any atom is 0.261 e. The van der Waals surface area contributed by atoms with E-state index in [0.29, 0.717) is 12.0 Å². The predicted octanol–water partition coefficient (Wildman–Crippen LogP) is 2.65. The summed E-state index contributed by atoms with van der Waals surface area (Å²) < 4.78 is 0.